The average Bonchev–Trinajstić information content (AvgIpc) is 2.26. The zero-order valence-electron chi connectivity index (χ0n) is 12.1. The Morgan fingerprint density at radius 1 is 1.33 bits per heavy atom. The van der Waals surface area contributed by atoms with Crippen LogP contribution < -0.4 is 5.32 Å². The van der Waals surface area contributed by atoms with Gasteiger partial charge >= 0.3 is 0 Å². The topological polar surface area (TPSA) is 56.0 Å². The molecule has 0 aromatic carbocycles. The number of nitrogens with zero attached hydrogens (tertiary/aromatic N) is 1. The lowest BCUT2D eigenvalue weighted by Crippen LogP contribution is -2.55. The van der Waals surface area contributed by atoms with E-state index in [1.54, 1.807) is 0 Å². The van der Waals surface area contributed by atoms with Gasteiger partial charge < -0.3 is 10.4 Å². The van der Waals surface area contributed by atoms with Crippen LogP contribution in [0.2, 0.25) is 0 Å². The molecule has 0 saturated heterocycles. The van der Waals surface area contributed by atoms with Crippen LogP contribution in [0.3, 0.4) is 0 Å². The van der Waals surface area contributed by atoms with Crippen molar-refractivity contribution in [2.24, 2.45) is 11.3 Å². The number of aliphatic hydroxyl groups is 1. The van der Waals surface area contributed by atoms with Gasteiger partial charge in [0.1, 0.15) is 0 Å². The number of unbranched alkanes of at least 4 members (excludes halogenated alkanes) is 2. The first-order valence-electron chi connectivity index (χ1n) is 7.16. The Kier molecular flexibility index (Phi) is 5.62. The molecule has 0 amide bonds. The number of rotatable bonds is 6. The lowest BCUT2D eigenvalue weighted by atomic mass is 9.64. The molecule has 2 N–H and O–H groups in total. The van der Waals surface area contributed by atoms with Crippen LogP contribution in [0.1, 0.15) is 59.3 Å². The molecule has 0 bridgehead atoms. The van der Waals surface area contributed by atoms with Gasteiger partial charge in [-0.3, -0.25) is 0 Å². The molecule has 0 aromatic rings. The Balaban J connectivity index is 2.49. The maximum atomic E-state index is 9.78. The highest BCUT2D eigenvalue weighted by molar-refractivity contribution is 4.98. The highest BCUT2D eigenvalue weighted by Crippen LogP contribution is 2.43. The molecule has 0 radical (unpaired) electrons. The number of aliphatic hydroxyl groups excluding tert-OH is 1. The molecule has 3 heteroatoms. The van der Waals surface area contributed by atoms with Crippen molar-refractivity contribution in [1.29, 1.82) is 5.26 Å². The van der Waals surface area contributed by atoms with Gasteiger partial charge in [0, 0.05) is 12.0 Å². The van der Waals surface area contributed by atoms with E-state index in [4.69, 9.17) is 5.26 Å². The van der Waals surface area contributed by atoms with Crippen LogP contribution >= 0.6 is 0 Å². The van der Waals surface area contributed by atoms with E-state index in [1.807, 2.05) is 0 Å². The van der Waals surface area contributed by atoms with Gasteiger partial charge in [-0.15, -0.1) is 0 Å². The van der Waals surface area contributed by atoms with Gasteiger partial charge in [0.2, 0.25) is 0 Å². The predicted octanol–water partition coefficient (Wildman–Crippen LogP) is 2.85. The van der Waals surface area contributed by atoms with Crippen LogP contribution in [0, 0.1) is 22.7 Å². The largest absolute Gasteiger partial charge is 0.394 e. The number of hydrogen-bond acceptors (Lipinski definition) is 3. The maximum absolute atomic E-state index is 9.78. The fourth-order valence-corrected chi connectivity index (χ4v) is 3.74. The van der Waals surface area contributed by atoms with Crippen molar-refractivity contribution in [2.75, 3.05) is 13.2 Å². The summed E-state index contributed by atoms with van der Waals surface area (Å²) in [6.45, 7) is 8.00. The van der Waals surface area contributed by atoms with Crippen molar-refractivity contribution in [1.82, 2.24) is 5.32 Å². The van der Waals surface area contributed by atoms with E-state index in [9.17, 15) is 5.11 Å². The molecule has 3 nitrogen and oxygen atoms in total. The molecule has 2 unspecified atom stereocenters. The molecule has 1 rings (SSSR count). The van der Waals surface area contributed by atoms with Crippen molar-refractivity contribution in [3.63, 3.8) is 0 Å². The molecule has 0 heterocycles. The third-order valence-electron chi connectivity index (χ3n) is 3.98. The third-order valence-corrected chi connectivity index (χ3v) is 3.98. The van der Waals surface area contributed by atoms with E-state index in [1.165, 1.54) is 6.42 Å². The smallest absolute Gasteiger partial charge is 0.0621 e. The highest BCUT2D eigenvalue weighted by atomic mass is 16.3. The van der Waals surface area contributed by atoms with E-state index in [2.05, 4.69) is 32.2 Å². The van der Waals surface area contributed by atoms with Gasteiger partial charge in [-0.1, -0.05) is 20.8 Å². The van der Waals surface area contributed by atoms with Crippen LogP contribution in [0.25, 0.3) is 0 Å². The summed E-state index contributed by atoms with van der Waals surface area (Å²) >= 11 is 0. The molecular formula is C15H28N2O. The van der Waals surface area contributed by atoms with E-state index in [0.29, 0.717) is 17.8 Å². The van der Waals surface area contributed by atoms with Crippen molar-refractivity contribution in [3.8, 4) is 6.07 Å². The Morgan fingerprint density at radius 3 is 2.61 bits per heavy atom. The lowest BCUT2D eigenvalue weighted by molar-refractivity contribution is 0.0364. The molecule has 0 aromatic heterocycles. The van der Waals surface area contributed by atoms with Gasteiger partial charge in [-0.05, 0) is 50.0 Å². The Morgan fingerprint density at radius 2 is 2.06 bits per heavy atom. The summed E-state index contributed by atoms with van der Waals surface area (Å²) in [4.78, 5) is 0. The molecular weight excluding hydrogens is 224 g/mol. The zero-order valence-corrected chi connectivity index (χ0v) is 12.1. The second-order valence-corrected chi connectivity index (χ2v) is 6.83. The zero-order chi connectivity index (χ0) is 13.6. The minimum absolute atomic E-state index is 0.103. The first-order valence-corrected chi connectivity index (χ1v) is 7.16. The molecule has 1 saturated carbocycles. The first-order chi connectivity index (χ1) is 8.43. The van der Waals surface area contributed by atoms with Gasteiger partial charge in [0.15, 0.2) is 0 Å². The fraction of sp³-hybridized carbons (Fsp3) is 0.933. The summed E-state index contributed by atoms with van der Waals surface area (Å²) in [5.41, 5.74) is 0.202. The van der Waals surface area contributed by atoms with Crippen molar-refractivity contribution >= 4 is 0 Å². The molecule has 2 atom stereocenters. The summed E-state index contributed by atoms with van der Waals surface area (Å²) in [5.74, 6) is 0.660. The Labute approximate surface area is 112 Å². The van der Waals surface area contributed by atoms with Crippen LogP contribution in [0.15, 0.2) is 0 Å². The fourth-order valence-electron chi connectivity index (χ4n) is 3.74. The van der Waals surface area contributed by atoms with Crippen LogP contribution in [-0.2, 0) is 0 Å². The highest BCUT2D eigenvalue weighted by Gasteiger charge is 2.41. The van der Waals surface area contributed by atoms with E-state index < -0.39 is 0 Å². The van der Waals surface area contributed by atoms with Crippen LogP contribution in [-0.4, -0.2) is 23.8 Å². The minimum Gasteiger partial charge on any atom is -0.394 e. The number of nitriles is 1. The maximum Gasteiger partial charge on any atom is 0.0621 e. The molecule has 1 aliphatic rings. The second-order valence-electron chi connectivity index (χ2n) is 6.83. The summed E-state index contributed by atoms with van der Waals surface area (Å²) in [5, 5.41) is 21.9. The molecule has 18 heavy (non-hydrogen) atoms. The van der Waals surface area contributed by atoms with E-state index in [-0.39, 0.29) is 12.1 Å². The second kappa shape index (κ2) is 6.54. The Bertz CT molecular complexity index is 295. The van der Waals surface area contributed by atoms with Crippen molar-refractivity contribution in [3.05, 3.63) is 0 Å². The third kappa shape index (κ3) is 4.59. The quantitative estimate of drug-likeness (QED) is 0.715. The van der Waals surface area contributed by atoms with Crippen molar-refractivity contribution < 1.29 is 5.11 Å². The SMILES string of the molecule is CC1CC(C)(C)CC(CO)(NCCCCC#N)C1. The predicted molar refractivity (Wildman–Crippen MR) is 74.1 cm³/mol. The minimum atomic E-state index is -0.103. The molecule has 1 aliphatic carbocycles. The van der Waals surface area contributed by atoms with Gasteiger partial charge in [-0.25, -0.2) is 0 Å². The average molecular weight is 252 g/mol. The van der Waals surface area contributed by atoms with Crippen molar-refractivity contribution in [2.45, 2.75) is 64.8 Å². The molecule has 104 valence electrons. The first kappa shape index (κ1) is 15.5. The monoisotopic (exact) mass is 252 g/mol. The van der Waals surface area contributed by atoms with Gasteiger partial charge in [0.05, 0.1) is 12.7 Å². The molecule has 0 spiro atoms. The van der Waals surface area contributed by atoms with Crippen LogP contribution in [0.4, 0.5) is 0 Å². The normalized spacial score (nSPS) is 30.9. The Hall–Kier alpha value is -0.590. The van der Waals surface area contributed by atoms with Gasteiger partial charge in [-0.2, -0.15) is 5.26 Å². The summed E-state index contributed by atoms with van der Waals surface area (Å²) in [6.07, 6.45) is 5.94. The molecule has 1 fully saturated rings. The lowest BCUT2D eigenvalue weighted by Gasteiger charge is -2.47. The summed E-state index contributed by atoms with van der Waals surface area (Å²) in [7, 11) is 0. The molecule has 0 aliphatic heterocycles. The summed E-state index contributed by atoms with van der Waals surface area (Å²) in [6, 6.07) is 2.17. The van der Waals surface area contributed by atoms with E-state index >= 15 is 0 Å². The number of nitrogens with one attached hydrogen (secondary N) is 1. The van der Waals surface area contributed by atoms with Gasteiger partial charge in [0.25, 0.3) is 0 Å². The van der Waals surface area contributed by atoms with Crippen LogP contribution in [0.5, 0.6) is 0 Å². The summed E-state index contributed by atoms with van der Waals surface area (Å²) < 4.78 is 0. The number of hydrogen-bond donors (Lipinski definition) is 2. The van der Waals surface area contributed by atoms with E-state index in [0.717, 1.165) is 32.2 Å². The standard InChI is InChI=1S/C15H28N2O/c1-13-9-14(2,3)11-15(10-13,12-18)17-8-6-4-5-7-16/h13,17-18H,4-6,8-12H2,1-3H3.